The Labute approximate surface area is 403 Å². The first-order valence-electron chi connectivity index (χ1n) is 20.1. The first kappa shape index (κ1) is 46.5. The van der Waals surface area contributed by atoms with E-state index in [9.17, 15) is 0 Å². The number of rotatable bonds is 6. The van der Waals surface area contributed by atoms with Gasteiger partial charge < -0.3 is 24.8 Å². The molecule has 9 aromatic rings. The van der Waals surface area contributed by atoms with E-state index < -0.39 is 0 Å². The van der Waals surface area contributed by atoms with Crippen LogP contribution in [0.15, 0.2) is 206 Å². The van der Waals surface area contributed by atoms with Gasteiger partial charge in [0.15, 0.2) is 0 Å². The fourth-order valence-electron chi connectivity index (χ4n) is 7.75. The molecule has 0 aromatic heterocycles. The summed E-state index contributed by atoms with van der Waals surface area (Å²) in [5.41, 5.74) is 19.7. The van der Waals surface area contributed by atoms with Gasteiger partial charge in [0.25, 0.3) is 0 Å². The second kappa shape index (κ2) is 21.9. The molecule has 0 saturated carbocycles. The smallest absolute Gasteiger partial charge is 0.172 e. The molecular formula is C57H42Cl4Zr-2. The topological polar surface area (TPSA) is 0 Å². The van der Waals surface area contributed by atoms with Gasteiger partial charge in [-0.15, -0.1) is 29.3 Å². The van der Waals surface area contributed by atoms with Crippen LogP contribution in [0.5, 0.6) is 0 Å². The van der Waals surface area contributed by atoms with Crippen molar-refractivity contribution < 1.29 is 49.0 Å². The summed E-state index contributed by atoms with van der Waals surface area (Å²) in [4.78, 5) is 0. The average molecular weight is 960 g/mol. The van der Waals surface area contributed by atoms with Crippen molar-refractivity contribution in [3.05, 3.63) is 256 Å². The molecule has 304 valence electrons. The first-order valence-corrected chi connectivity index (χ1v) is 22.1. The van der Waals surface area contributed by atoms with Crippen LogP contribution in [-0.2, 0) is 30.7 Å². The van der Waals surface area contributed by atoms with E-state index in [4.69, 9.17) is 23.2 Å². The Morgan fingerprint density at radius 2 is 0.952 bits per heavy atom. The van der Waals surface area contributed by atoms with Crippen molar-refractivity contribution in [1.29, 1.82) is 0 Å². The van der Waals surface area contributed by atoms with Crippen molar-refractivity contribution in [3.63, 3.8) is 0 Å². The standard InChI is InChI=1S/C27H21.C25H16Cl2.C5H5.2ClH.Zr/c1-18-7-3-5-9-24(18)20-11-13-26-22(15-20)17-23-16-21(12-14-27(23)26)25-10-6-4-8-19(25)2;26-24-16-18(11-13-22(24)20-7-3-1-4-8-20)15-19-12-14-23(25(27)17-19)21-9-5-2-6-10-21;1-2-4-5-3-1;;;/h3-15H,17H2,1-2H3;1-14,16-17H;1-5H;2*1H;/q-1;;-1;;;+2/p-2. The zero-order valence-corrected chi connectivity index (χ0v) is 39.8. The summed E-state index contributed by atoms with van der Waals surface area (Å²) >= 11 is 14.5. The summed E-state index contributed by atoms with van der Waals surface area (Å²) in [6.45, 7) is 4.35. The van der Waals surface area contributed by atoms with E-state index in [1.165, 1.54) is 83.1 Å². The Morgan fingerprint density at radius 1 is 0.468 bits per heavy atom. The molecule has 5 heteroatoms. The number of benzene rings is 8. The van der Waals surface area contributed by atoms with Gasteiger partial charge in [0.05, 0.1) is 0 Å². The van der Waals surface area contributed by atoms with E-state index in [1.54, 1.807) is 0 Å². The molecule has 0 unspecified atom stereocenters. The Balaban J connectivity index is 0.000000180. The van der Waals surface area contributed by atoms with Crippen LogP contribution in [0.3, 0.4) is 0 Å². The Kier molecular flexibility index (Phi) is 16.4. The van der Waals surface area contributed by atoms with Crippen molar-refractivity contribution in [1.82, 2.24) is 0 Å². The van der Waals surface area contributed by atoms with Crippen LogP contribution in [0, 0.1) is 19.9 Å². The van der Waals surface area contributed by atoms with Gasteiger partial charge in [-0.05, 0) is 42.5 Å². The SMILES string of the molecule is Cc1ccccc1-c1[c-]c2c(cc1)-c1ccc(-c3ccccc3C)cc1C2.Clc1cc([C](=[Zr+2])c2ccc(-c3ccccc3)c(Cl)c2)ccc1-c1ccccc1.[Cl-].[Cl-].c1cc[cH-]c1. The number of fused-ring (bicyclic) bond motifs is 3. The van der Waals surface area contributed by atoms with E-state index in [0.717, 1.165) is 49.8 Å². The van der Waals surface area contributed by atoms with Crippen LogP contribution in [0.1, 0.15) is 33.4 Å². The fourth-order valence-corrected chi connectivity index (χ4v) is 9.10. The predicted molar refractivity (Wildman–Crippen MR) is 253 cm³/mol. The summed E-state index contributed by atoms with van der Waals surface area (Å²) < 4.78 is 1.23. The van der Waals surface area contributed by atoms with Gasteiger partial charge in [0.1, 0.15) is 0 Å². The number of halogens is 4. The molecule has 0 fully saturated rings. The van der Waals surface area contributed by atoms with Gasteiger partial charge in [0.2, 0.25) is 0 Å². The second-order valence-corrected chi connectivity index (χ2v) is 16.9. The summed E-state index contributed by atoms with van der Waals surface area (Å²) in [6, 6.07) is 75.2. The third-order valence-corrected chi connectivity index (χ3v) is 13.0. The fraction of sp³-hybridized carbons (Fsp3) is 0.0526. The van der Waals surface area contributed by atoms with Gasteiger partial charge >= 0.3 is 191 Å². The van der Waals surface area contributed by atoms with E-state index >= 15 is 0 Å². The first-order chi connectivity index (χ1) is 29.3. The molecular weight excluding hydrogens is 918 g/mol. The molecule has 0 nitrogen and oxygen atoms in total. The maximum absolute atomic E-state index is 6.60. The molecule has 0 amide bonds. The van der Waals surface area contributed by atoms with Crippen molar-refractivity contribution in [2.75, 3.05) is 0 Å². The molecule has 62 heavy (non-hydrogen) atoms. The quantitative estimate of drug-likeness (QED) is 0.146. The van der Waals surface area contributed by atoms with Crippen molar-refractivity contribution >= 4 is 26.4 Å². The third-order valence-electron chi connectivity index (χ3n) is 10.9. The van der Waals surface area contributed by atoms with E-state index in [2.05, 4.69) is 147 Å². The predicted octanol–water partition coefficient (Wildman–Crippen LogP) is 9.87. The van der Waals surface area contributed by atoms with Gasteiger partial charge in [-0.2, -0.15) is 18.2 Å². The van der Waals surface area contributed by atoms with Gasteiger partial charge in [-0.3, -0.25) is 0 Å². The van der Waals surface area contributed by atoms with Crippen LogP contribution in [0.4, 0.5) is 0 Å². The Hall–Kier alpha value is -4.98. The Morgan fingerprint density at radius 3 is 1.45 bits per heavy atom. The largest absolute Gasteiger partial charge is 1.00 e. The normalized spacial score (nSPS) is 10.7. The van der Waals surface area contributed by atoms with Crippen LogP contribution >= 0.6 is 23.2 Å². The maximum Gasteiger partial charge on any atom is -0.172 e. The molecule has 0 heterocycles. The molecule has 1 aliphatic rings. The molecule has 9 aromatic carbocycles. The van der Waals surface area contributed by atoms with Crippen molar-refractivity contribution in [2.24, 2.45) is 0 Å². The molecule has 1 aliphatic carbocycles. The molecule has 10 rings (SSSR count). The van der Waals surface area contributed by atoms with Gasteiger partial charge in [-0.1, -0.05) is 89.0 Å². The van der Waals surface area contributed by atoms with Crippen LogP contribution in [-0.4, -0.2) is 3.21 Å². The van der Waals surface area contributed by atoms with Gasteiger partial charge in [0, 0.05) is 0 Å². The molecule has 0 spiro atoms. The molecule has 0 N–H and O–H groups in total. The minimum absolute atomic E-state index is 0. The van der Waals surface area contributed by atoms with Crippen LogP contribution < -0.4 is 24.8 Å². The van der Waals surface area contributed by atoms with Crippen LogP contribution in [0.25, 0.3) is 55.6 Å². The van der Waals surface area contributed by atoms with Crippen LogP contribution in [0.2, 0.25) is 10.0 Å². The maximum atomic E-state index is 6.60. The minimum atomic E-state index is 0. The average Bonchev–Trinajstić information content (AvgIpc) is 3.99. The van der Waals surface area contributed by atoms with Crippen molar-refractivity contribution in [2.45, 2.75) is 20.3 Å². The van der Waals surface area contributed by atoms with Crippen molar-refractivity contribution in [3.8, 4) is 55.6 Å². The number of hydrogen-bond donors (Lipinski definition) is 0. The van der Waals surface area contributed by atoms with Gasteiger partial charge in [-0.25, -0.2) is 12.1 Å². The summed E-state index contributed by atoms with van der Waals surface area (Å²) in [6.07, 6.45) is 0.962. The minimum Gasteiger partial charge on any atom is -1.00 e. The number of aryl methyl sites for hydroxylation is 2. The van der Waals surface area contributed by atoms with E-state index in [0.29, 0.717) is 0 Å². The molecule has 0 aliphatic heterocycles. The Bertz CT molecular complexity index is 2700. The number of hydrogen-bond acceptors (Lipinski definition) is 0. The molecule has 0 atom stereocenters. The summed E-state index contributed by atoms with van der Waals surface area (Å²) in [5, 5.41) is 1.52. The third kappa shape index (κ3) is 10.8. The molecule has 0 radical (unpaired) electrons. The summed E-state index contributed by atoms with van der Waals surface area (Å²) in [7, 11) is 0. The van der Waals surface area contributed by atoms with E-state index in [1.807, 2.05) is 78.9 Å². The van der Waals surface area contributed by atoms with E-state index in [-0.39, 0.29) is 24.8 Å². The second-order valence-electron chi connectivity index (χ2n) is 14.9. The molecule has 0 bridgehead atoms. The monoisotopic (exact) mass is 956 g/mol. The zero-order chi connectivity index (χ0) is 41.4. The zero-order valence-electron chi connectivity index (χ0n) is 34.3. The molecule has 0 saturated heterocycles. The summed E-state index contributed by atoms with van der Waals surface area (Å²) in [5.74, 6) is 0.